The smallest absolute Gasteiger partial charge is 0.162 e. The number of nitrogens with one attached hydrogen (secondary N) is 1. The van der Waals surface area contributed by atoms with Gasteiger partial charge in [0.25, 0.3) is 0 Å². The van der Waals surface area contributed by atoms with Crippen molar-refractivity contribution in [2.75, 3.05) is 7.05 Å². The van der Waals surface area contributed by atoms with E-state index < -0.39 is 11.6 Å². The van der Waals surface area contributed by atoms with E-state index in [0.29, 0.717) is 23.9 Å². The summed E-state index contributed by atoms with van der Waals surface area (Å²) in [5.41, 5.74) is 0.516. The van der Waals surface area contributed by atoms with E-state index in [2.05, 4.69) is 12.2 Å². The highest BCUT2D eigenvalue weighted by Crippen LogP contribution is 2.33. The second-order valence-electron chi connectivity index (χ2n) is 5.66. The van der Waals surface area contributed by atoms with Crippen LogP contribution in [0.5, 0.6) is 0 Å². The second-order valence-corrected chi connectivity index (χ2v) is 5.66. The van der Waals surface area contributed by atoms with E-state index in [1.54, 1.807) is 12.1 Å². The maximum atomic E-state index is 13.8. The van der Waals surface area contributed by atoms with Gasteiger partial charge < -0.3 is 5.32 Å². The van der Waals surface area contributed by atoms with Crippen LogP contribution in [-0.2, 0) is 6.42 Å². The van der Waals surface area contributed by atoms with Crippen LogP contribution in [0.25, 0.3) is 0 Å². The number of rotatable bonds is 4. The van der Waals surface area contributed by atoms with Gasteiger partial charge in [0.1, 0.15) is 0 Å². The average Bonchev–Trinajstić information content (AvgIpc) is 2.43. The summed E-state index contributed by atoms with van der Waals surface area (Å²) < 4.78 is 27.0. The van der Waals surface area contributed by atoms with Crippen LogP contribution < -0.4 is 5.32 Å². The summed E-state index contributed by atoms with van der Waals surface area (Å²) >= 11 is 0. The van der Waals surface area contributed by atoms with Crippen molar-refractivity contribution in [1.82, 2.24) is 5.32 Å². The van der Waals surface area contributed by atoms with Gasteiger partial charge in [-0.3, -0.25) is 0 Å². The SMILES string of the molecule is CCC1CCC(NC)C(Cc2cccc(F)c2F)C1. The topological polar surface area (TPSA) is 12.0 Å². The summed E-state index contributed by atoms with van der Waals surface area (Å²) in [7, 11) is 1.96. The van der Waals surface area contributed by atoms with Crippen molar-refractivity contribution in [3.05, 3.63) is 35.4 Å². The summed E-state index contributed by atoms with van der Waals surface area (Å²) in [5, 5.41) is 3.34. The van der Waals surface area contributed by atoms with E-state index in [1.165, 1.54) is 18.9 Å². The Bertz CT molecular complexity index is 419. The molecule has 106 valence electrons. The molecule has 0 radical (unpaired) electrons. The van der Waals surface area contributed by atoms with Crippen molar-refractivity contribution in [1.29, 1.82) is 0 Å². The lowest BCUT2D eigenvalue weighted by atomic mass is 9.74. The minimum Gasteiger partial charge on any atom is -0.317 e. The molecular weight excluding hydrogens is 244 g/mol. The van der Waals surface area contributed by atoms with Crippen molar-refractivity contribution in [2.45, 2.75) is 45.1 Å². The number of hydrogen-bond acceptors (Lipinski definition) is 1. The summed E-state index contributed by atoms with van der Waals surface area (Å²) in [4.78, 5) is 0. The van der Waals surface area contributed by atoms with Crippen molar-refractivity contribution >= 4 is 0 Å². The standard InChI is InChI=1S/C16H23F2N/c1-3-11-7-8-15(19-2)13(9-11)10-12-5-4-6-14(17)16(12)18/h4-6,11,13,15,19H,3,7-10H2,1-2H3. The van der Waals surface area contributed by atoms with Crippen molar-refractivity contribution in [3.63, 3.8) is 0 Å². The molecule has 0 bridgehead atoms. The lowest BCUT2D eigenvalue weighted by molar-refractivity contribution is 0.204. The molecule has 0 aliphatic heterocycles. The molecule has 0 heterocycles. The van der Waals surface area contributed by atoms with Gasteiger partial charge in [-0.05, 0) is 56.2 Å². The van der Waals surface area contributed by atoms with Gasteiger partial charge in [0.2, 0.25) is 0 Å². The number of benzene rings is 1. The van der Waals surface area contributed by atoms with Crippen LogP contribution in [0, 0.1) is 23.5 Å². The first-order valence-corrected chi connectivity index (χ1v) is 7.25. The molecule has 1 aromatic carbocycles. The van der Waals surface area contributed by atoms with Crippen LogP contribution in [0.15, 0.2) is 18.2 Å². The van der Waals surface area contributed by atoms with E-state index >= 15 is 0 Å². The largest absolute Gasteiger partial charge is 0.317 e. The van der Waals surface area contributed by atoms with Crippen LogP contribution in [0.3, 0.4) is 0 Å². The maximum Gasteiger partial charge on any atom is 0.162 e. The lowest BCUT2D eigenvalue weighted by Crippen LogP contribution is -2.39. The predicted octanol–water partition coefficient (Wildman–Crippen LogP) is 3.92. The van der Waals surface area contributed by atoms with Gasteiger partial charge in [0, 0.05) is 6.04 Å². The maximum absolute atomic E-state index is 13.8. The van der Waals surface area contributed by atoms with Crippen LogP contribution in [0.4, 0.5) is 8.78 Å². The van der Waals surface area contributed by atoms with Crippen molar-refractivity contribution in [3.8, 4) is 0 Å². The lowest BCUT2D eigenvalue weighted by Gasteiger charge is -2.36. The Morgan fingerprint density at radius 2 is 2.05 bits per heavy atom. The van der Waals surface area contributed by atoms with E-state index in [4.69, 9.17) is 0 Å². The van der Waals surface area contributed by atoms with Gasteiger partial charge in [-0.15, -0.1) is 0 Å². The monoisotopic (exact) mass is 267 g/mol. The zero-order valence-corrected chi connectivity index (χ0v) is 11.8. The summed E-state index contributed by atoms with van der Waals surface area (Å²) in [6.07, 6.45) is 5.29. The van der Waals surface area contributed by atoms with Crippen LogP contribution in [0.2, 0.25) is 0 Å². The van der Waals surface area contributed by atoms with E-state index in [-0.39, 0.29) is 0 Å². The van der Waals surface area contributed by atoms with E-state index in [9.17, 15) is 8.78 Å². The molecule has 1 aliphatic rings. The normalized spacial score (nSPS) is 27.5. The molecule has 19 heavy (non-hydrogen) atoms. The molecule has 0 amide bonds. The minimum atomic E-state index is -0.735. The van der Waals surface area contributed by atoms with E-state index in [1.807, 2.05) is 7.05 Å². The molecule has 3 heteroatoms. The zero-order chi connectivity index (χ0) is 13.8. The average molecular weight is 267 g/mol. The molecule has 1 nitrogen and oxygen atoms in total. The highest BCUT2D eigenvalue weighted by atomic mass is 19.2. The Balaban J connectivity index is 2.12. The Labute approximate surface area is 114 Å². The highest BCUT2D eigenvalue weighted by molar-refractivity contribution is 5.20. The molecule has 1 aromatic rings. The number of hydrogen-bond donors (Lipinski definition) is 1. The number of halogens is 2. The second kappa shape index (κ2) is 6.47. The van der Waals surface area contributed by atoms with Gasteiger partial charge >= 0.3 is 0 Å². The molecule has 3 unspecified atom stereocenters. The zero-order valence-electron chi connectivity index (χ0n) is 11.8. The van der Waals surface area contributed by atoms with E-state index in [0.717, 1.165) is 18.8 Å². The minimum absolute atomic E-state index is 0.403. The fourth-order valence-electron chi connectivity index (χ4n) is 3.33. The Morgan fingerprint density at radius 1 is 1.26 bits per heavy atom. The highest BCUT2D eigenvalue weighted by Gasteiger charge is 2.29. The fourth-order valence-corrected chi connectivity index (χ4v) is 3.33. The molecule has 3 atom stereocenters. The van der Waals surface area contributed by atoms with Crippen molar-refractivity contribution in [2.24, 2.45) is 11.8 Å². The first kappa shape index (κ1) is 14.4. The molecular formula is C16H23F2N. The third kappa shape index (κ3) is 3.33. The molecule has 1 saturated carbocycles. The molecule has 0 spiro atoms. The van der Waals surface area contributed by atoms with Gasteiger partial charge in [0.15, 0.2) is 11.6 Å². The van der Waals surface area contributed by atoms with Crippen LogP contribution in [0.1, 0.15) is 38.2 Å². The fraction of sp³-hybridized carbons (Fsp3) is 0.625. The Morgan fingerprint density at radius 3 is 2.74 bits per heavy atom. The molecule has 2 rings (SSSR count). The van der Waals surface area contributed by atoms with Gasteiger partial charge in [-0.25, -0.2) is 8.78 Å². The Hall–Kier alpha value is -0.960. The molecule has 0 saturated heterocycles. The predicted molar refractivity (Wildman–Crippen MR) is 74.0 cm³/mol. The Kier molecular flexibility index (Phi) is 4.92. The third-order valence-corrected chi connectivity index (χ3v) is 4.55. The summed E-state index contributed by atoms with van der Waals surface area (Å²) in [6.45, 7) is 2.21. The summed E-state index contributed by atoms with van der Waals surface area (Å²) in [5.74, 6) is -0.274. The van der Waals surface area contributed by atoms with Gasteiger partial charge in [0.05, 0.1) is 0 Å². The summed E-state index contributed by atoms with van der Waals surface area (Å²) in [6, 6.07) is 4.91. The first-order valence-electron chi connectivity index (χ1n) is 7.25. The van der Waals surface area contributed by atoms with Crippen LogP contribution in [-0.4, -0.2) is 13.1 Å². The molecule has 1 N–H and O–H groups in total. The third-order valence-electron chi connectivity index (χ3n) is 4.55. The van der Waals surface area contributed by atoms with Crippen LogP contribution >= 0.6 is 0 Å². The van der Waals surface area contributed by atoms with Gasteiger partial charge in [-0.1, -0.05) is 25.5 Å². The van der Waals surface area contributed by atoms with Gasteiger partial charge in [-0.2, -0.15) is 0 Å². The van der Waals surface area contributed by atoms with Crippen molar-refractivity contribution < 1.29 is 8.78 Å². The first-order chi connectivity index (χ1) is 9.15. The quantitative estimate of drug-likeness (QED) is 0.871. The molecule has 1 fully saturated rings. The molecule has 0 aromatic heterocycles. The molecule has 1 aliphatic carbocycles.